The van der Waals surface area contributed by atoms with Gasteiger partial charge in [-0.25, -0.2) is 0 Å². The molecule has 0 amide bonds. The first-order valence-electron chi connectivity index (χ1n) is 6.17. The second kappa shape index (κ2) is 7.25. The van der Waals surface area contributed by atoms with Crippen LogP contribution in [0.25, 0.3) is 0 Å². The molecule has 0 aliphatic rings. The summed E-state index contributed by atoms with van der Waals surface area (Å²) in [6, 6.07) is 5.93. The van der Waals surface area contributed by atoms with E-state index in [1.165, 1.54) is 0 Å². The summed E-state index contributed by atoms with van der Waals surface area (Å²) in [6.07, 6.45) is 1.56. The van der Waals surface area contributed by atoms with Gasteiger partial charge in [0, 0.05) is 30.4 Å². The molecule has 1 aromatic carbocycles. The molecule has 0 saturated carbocycles. The molecule has 1 rings (SSSR count). The van der Waals surface area contributed by atoms with E-state index in [0.717, 1.165) is 30.1 Å². The number of hydrogen-bond donors (Lipinski definition) is 2. The van der Waals surface area contributed by atoms with Crippen molar-refractivity contribution in [2.24, 2.45) is 21.7 Å². The fraction of sp³-hybridized carbons (Fsp3) is 0.385. The van der Waals surface area contributed by atoms with Gasteiger partial charge in [-0.2, -0.15) is 5.10 Å². The number of rotatable bonds is 6. The summed E-state index contributed by atoms with van der Waals surface area (Å²) in [7, 11) is 1.62. The lowest BCUT2D eigenvalue weighted by Crippen LogP contribution is -2.22. The van der Waals surface area contributed by atoms with Gasteiger partial charge in [0.25, 0.3) is 0 Å². The molecule has 0 aliphatic heterocycles. The lowest BCUT2D eigenvalue weighted by molar-refractivity contribution is 0.414. The summed E-state index contributed by atoms with van der Waals surface area (Å²) < 4.78 is 5.35. The highest BCUT2D eigenvalue weighted by atomic mass is 16.5. The predicted octanol–water partition coefficient (Wildman–Crippen LogP) is 1.15. The van der Waals surface area contributed by atoms with Crippen molar-refractivity contribution < 1.29 is 4.74 Å². The fourth-order valence-corrected chi connectivity index (χ4v) is 1.75. The molecule has 0 radical (unpaired) electrons. The summed E-state index contributed by atoms with van der Waals surface area (Å²) in [5.74, 6) is 0.661. The predicted molar refractivity (Wildman–Crippen MR) is 80.0 cm³/mol. The zero-order valence-corrected chi connectivity index (χ0v) is 11.6. The second-order valence-corrected chi connectivity index (χ2v) is 3.87. The van der Waals surface area contributed by atoms with E-state index >= 15 is 0 Å². The maximum Gasteiger partial charge on any atom is 0.211 e. The maximum atomic E-state index is 5.35. The van der Waals surface area contributed by atoms with Crippen LogP contribution in [-0.4, -0.2) is 32.4 Å². The Bertz CT molecular complexity index is 462. The Balaban J connectivity index is 3.02. The Morgan fingerprint density at radius 2 is 2.00 bits per heavy atom. The molecule has 0 bridgehead atoms. The first-order chi connectivity index (χ1) is 9.12. The van der Waals surface area contributed by atoms with Gasteiger partial charge in [0.15, 0.2) is 0 Å². The SMILES string of the molecule is CCN(CC)c1ccc(C=NN=C(N)N)c(OC)c1. The van der Waals surface area contributed by atoms with E-state index in [0.29, 0.717) is 0 Å². The van der Waals surface area contributed by atoms with Crippen molar-refractivity contribution >= 4 is 17.9 Å². The van der Waals surface area contributed by atoms with Crippen molar-refractivity contribution in [2.75, 3.05) is 25.1 Å². The Morgan fingerprint density at radius 3 is 2.53 bits per heavy atom. The van der Waals surface area contributed by atoms with Crippen molar-refractivity contribution in [2.45, 2.75) is 13.8 Å². The van der Waals surface area contributed by atoms with E-state index in [1.807, 2.05) is 18.2 Å². The molecule has 0 atom stereocenters. The molecule has 6 heteroatoms. The fourth-order valence-electron chi connectivity index (χ4n) is 1.75. The third-order valence-electron chi connectivity index (χ3n) is 2.72. The first kappa shape index (κ1) is 14.8. The van der Waals surface area contributed by atoms with Crippen LogP contribution in [0.3, 0.4) is 0 Å². The number of nitrogens with two attached hydrogens (primary N) is 2. The van der Waals surface area contributed by atoms with Crippen LogP contribution in [0.1, 0.15) is 19.4 Å². The number of anilines is 1. The van der Waals surface area contributed by atoms with Gasteiger partial charge < -0.3 is 21.1 Å². The maximum absolute atomic E-state index is 5.35. The summed E-state index contributed by atoms with van der Waals surface area (Å²) in [4.78, 5) is 2.24. The van der Waals surface area contributed by atoms with Crippen molar-refractivity contribution in [3.8, 4) is 5.75 Å². The molecule has 0 fully saturated rings. The number of hydrogen-bond acceptors (Lipinski definition) is 4. The molecule has 0 saturated heterocycles. The summed E-state index contributed by atoms with van der Waals surface area (Å²) in [5, 5.41) is 7.34. The van der Waals surface area contributed by atoms with E-state index in [1.54, 1.807) is 13.3 Å². The summed E-state index contributed by atoms with van der Waals surface area (Å²) in [6.45, 7) is 6.12. The molecule has 4 N–H and O–H groups in total. The molecular formula is C13H21N5O. The minimum atomic E-state index is -0.0741. The number of guanidine groups is 1. The van der Waals surface area contributed by atoms with Gasteiger partial charge in [0.2, 0.25) is 5.96 Å². The quantitative estimate of drug-likeness (QED) is 0.457. The second-order valence-electron chi connectivity index (χ2n) is 3.87. The van der Waals surface area contributed by atoms with Gasteiger partial charge in [-0.3, -0.25) is 0 Å². The Morgan fingerprint density at radius 1 is 1.32 bits per heavy atom. The van der Waals surface area contributed by atoms with Crippen LogP contribution in [0.5, 0.6) is 5.75 Å². The van der Waals surface area contributed by atoms with Crippen LogP contribution >= 0.6 is 0 Å². The highest BCUT2D eigenvalue weighted by Crippen LogP contribution is 2.24. The number of methoxy groups -OCH3 is 1. The van der Waals surface area contributed by atoms with Crippen LogP contribution in [-0.2, 0) is 0 Å². The topological polar surface area (TPSA) is 89.2 Å². The standard InChI is InChI=1S/C13H21N5O/c1-4-18(5-2)11-7-6-10(12(8-11)19-3)9-16-17-13(14)15/h6-9H,4-5H2,1-3H3,(H4,14,15,17). The normalized spacial score (nSPS) is 10.5. The monoisotopic (exact) mass is 263 g/mol. The molecule has 104 valence electrons. The van der Waals surface area contributed by atoms with E-state index in [-0.39, 0.29) is 5.96 Å². The molecule has 6 nitrogen and oxygen atoms in total. The van der Waals surface area contributed by atoms with Crippen molar-refractivity contribution in [1.29, 1.82) is 0 Å². The third kappa shape index (κ3) is 4.17. The average Bonchev–Trinajstić information content (AvgIpc) is 2.40. The minimum Gasteiger partial charge on any atom is -0.496 e. The van der Waals surface area contributed by atoms with Gasteiger partial charge in [-0.15, -0.1) is 5.10 Å². The molecule has 0 unspecified atom stereocenters. The van der Waals surface area contributed by atoms with Crippen molar-refractivity contribution in [1.82, 2.24) is 0 Å². The average molecular weight is 263 g/mol. The lowest BCUT2D eigenvalue weighted by atomic mass is 10.2. The zero-order chi connectivity index (χ0) is 14.3. The van der Waals surface area contributed by atoms with Gasteiger partial charge in [0.1, 0.15) is 5.75 Å². The van der Waals surface area contributed by atoms with Gasteiger partial charge in [-0.1, -0.05) is 0 Å². The van der Waals surface area contributed by atoms with Crippen molar-refractivity contribution in [3.05, 3.63) is 23.8 Å². The van der Waals surface area contributed by atoms with Gasteiger partial charge >= 0.3 is 0 Å². The Hall–Kier alpha value is -2.24. The van der Waals surface area contributed by atoms with Gasteiger partial charge in [-0.05, 0) is 26.0 Å². The molecule has 19 heavy (non-hydrogen) atoms. The van der Waals surface area contributed by atoms with Crippen LogP contribution in [0.15, 0.2) is 28.4 Å². The van der Waals surface area contributed by atoms with Crippen molar-refractivity contribution in [3.63, 3.8) is 0 Å². The largest absolute Gasteiger partial charge is 0.496 e. The third-order valence-corrected chi connectivity index (χ3v) is 2.72. The Kier molecular flexibility index (Phi) is 5.66. The zero-order valence-electron chi connectivity index (χ0n) is 11.6. The lowest BCUT2D eigenvalue weighted by Gasteiger charge is -2.21. The van der Waals surface area contributed by atoms with E-state index < -0.39 is 0 Å². The Labute approximate surface area is 113 Å². The number of nitrogens with zero attached hydrogens (tertiary/aromatic N) is 3. The summed E-state index contributed by atoms with van der Waals surface area (Å²) >= 11 is 0. The van der Waals surface area contributed by atoms with Crippen LogP contribution in [0.4, 0.5) is 5.69 Å². The number of benzene rings is 1. The minimum absolute atomic E-state index is 0.0741. The highest BCUT2D eigenvalue weighted by molar-refractivity contribution is 5.85. The highest BCUT2D eigenvalue weighted by Gasteiger charge is 2.06. The molecule has 0 heterocycles. The molecular weight excluding hydrogens is 242 g/mol. The molecule has 0 aliphatic carbocycles. The summed E-state index contributed by atoms with van der Waals surface area (Å²) in [5.41, 5.74) is 12.3. The molecule has 0 spiro atoms. The van der Waals surface area contributed by atoms with Crippen LogP contribution < -0.4 is 21.1 Å². The first-order valence-corrected chi connectivity index (χ1v) is 6.17. The van der Waals surface area contributed by atoms with Crippen LogP contribution in [0.2, 0.25) is 0 Å². The van der Waals surface area contributed by atoms with Gasteiger partial charge in [0.05, 0.1) is 13.3 Å². The number of ether oxygens (including phenoxy) is 1. The smallest absolute Gasteiger partial charge is 0.211 e. The molecule has 1 aromatic rings. The van der Waals surface area contributed by atoms with E-state index in [2.05, 4.69) is 29.0 Å². The van der Waals surface area contributed by atoms with E-state index in [4.69, 9.17) is 16.2 Å². The molecule has 0 aromatic heterocycles. The van der Waals surface area contributed by atoms with E-state index in [9.17, 15) is 0 Å². The van der Waals surface area contributed by atoms with Crippen LogP contribution in [0, 0.1) is 0 Å².